The zero-order valence-electron chi connectivity index (χ0n) is 26.5. The van der Waals surface area contributed by atoms with Gasteiger partial charge in [0.05, 0.1) is 28.0 Å². The molecule has 0 saturated carbocycles. The second-order valence-corrected chi connectivity index (χ2v) is 12.5. The van der Waals surface area contributed by atoms with Crippen LogP contribution in [0.25, 0.3) is 65.7 Å². The van der Waals surface area contributed by atoms with Crippen molar-refractivity contribution in [1.82, 2.24) is 19.4 Å². The van der Waals surface area contributed by atoms with Gasteiger partial charge in [-0.25, -0.2) is 20.0 Å². The SMILES string of the molecule is C1=C(c2ccncc2)/N=C(c2cc3c4cccc5cccc(c54)n4c5ccccc5c(c2)c34)\N=C(\c2ncc(-c3ccccc3)cn2)CC\1. The first kappa shape index (κ1) is 27.6. The van der Waals surface area contributed by atoms with E-state index in [9.17, 15) is 0 Å². The van der Waals surface area contributed by atoms with Gasteiger partial charge in [0.25, 0.3) is 0 Å². The van der Waals surface area contributed by atoms with Gasteiger partial charge in [-0.15, -0.1) is 0 Å². The number of fused-ring (bicyclic) bond motifs is 5. The van der Waals surface area contributed by atoms with E-state index in [1.54, 1.807) is 0 Å². The van der Waals surface area contributed by atoms with Crippen LogP contribution in [0.5, 0.6) is 0 Å². The molecule has 0 unspecified atom stereocenters. The third-order valence-corrected chi connectivity index (χ3v) is 9.62. The summed E-state index contributed by atoms with van der Waals surface area (Å²) in [6.07, 6.45) is 11.0. The van der Waals surface area contributed by atoms with E-state index in [1.165, 1.54) is 48.9 Å². The van der Waals surface area contributed by atoms with Crippen LogP contribution in [-0.4, -0.2) is 30.9 Å². The molecule has 49 heavy (non-hydrogen) atoms. The third kappa shape index (κ3) is 4.45. The molecule has 0 fully saturated rings. The molecule has 0 spiro atoms. The van der Waals surface area contributed by atoms with Crippen molar-refractivity contribution in [2.75, 3.05) is 0 Å². The second kappa shape index (κ2) is 11.0. The van der Waals surface area contributed by atoms with Gasteiger partial charge >= 0.3 is 0 Å². The van der Waals surface area contributed by atoms with Gasteiger partial charge in [-0.3, -0.25) is 4.98 Å². The minimum atomic E-state index is 0.617. The minimum absolute atomic E-state index is 0.617. The van der Waals surface area contributed by atoms with E-state index in [4.69, 9.17) is 20.0 Å². The number of aromatic nitrogens is 4. The normalized spacial score (nSPS) is 17.1. The van der Waals surface area contributed by atoms with Crippen molar-refractivity contribution in [1.29, 1.82) is 0 Å². The Morgan fingerprint density at radius 3 is 2.10 bits per heavy atom. The average Bonchev–Trinajstić information content (AvgIpc) is 3.49. The maximum atomic E-state index is 5.31. The highest BCUT2D eigenvalue weighted by Crippen LogP contribution is 2.41. The average molecular weight is 629 g/mol. The van der Waals surface area contributed by atoms with Gasteiger partial charge < -0.3 is 4.40 Å². The Kier molecular flexibility index (Phi) is 6.21. The van der Waals surface area contributed by atoms with Crippen molar-refractivity contribution in [3.8, 4) is 11.1 Å². The lowest BCUT2D eigenvalue weighted by Crippen LogP contribution is -2.12. The molecule has 0 atom stereocenters. The first-order valence-corrected chi connectivity index (χ1v) is 16.5. The Morgan fingerprint density at radius 2 is 1.27 bits per heavy atom. The van der Waals surface area contributed by atoms with Crippen molar-refractivity contribution in [3.63, 3.8) is 0 Å². The monoisotopic (exact) mass is 628 g/mol. The zero-order chi connectivity index (χ0) is 32.3. The maximum absolute atomic E-state index is 5.31. The number of rotatable bonds is 4. The molecule has 6 heteroatoms. The molecule has 9 aromatic rings. The summed E-state index contributed by atoms with van der Waals surface area (Å²) in [5.74, 6) is 1.25. The molecule has 10 rings (SSSR count). The van der Waals surface area contributed by atoms with Gasteiger partial charge in [0, 0.05) is 63.0 Å². The van der Waals surface area contributed by atoms with Gasteiger partial charge in [-0.1, -0.05) is 84.9 Å². The molecular formula is C43H28N6. The lowest BCUT2D eigenvalue weighted by Gasteiger charge is -2.15. The fraction of sp³-hybridized carbons (Fsp3) is 0.0465. The largest absolute Gasteiger partial charge is 0.308 e. The summed E-state index contributed by atoms with van der Waals surface area (Å²) in [5.41, 5.74) is 9.30. The number of hydrogen-bond donors (Lipinski definition) is 0. The van der Waals surface area contributed by atoms with Crippen molar-refractivity contribution in [3.05, 3.63) is 163 Å². The number of amidine groups is 1. The first-order valence-electron chi connectivity index (χ1n) is 16.5. The highest BCUT2D eigenvalue weighted by atomic mass is 15.0. The number of benzene rings is 5. The van der Waals surface area contributed by atoms with Crippen LogP contribution >= 0.6 is 0 Å². The summed E-state index contributed by atoms with van der Waals surface area (Å²) in [7, 11) is 0. The molecule has 5 heterocycles. The Morgan fingerprint density at radius 1 is 0.551 bits per heavy atom. The molecule has 4 aromatic heterocycles. The summed E-state index contributed by atoms with van der Waals surface area (Å²) < 4.78 is 2.43. The summed E-state index contributed by atoms with van der Waals surface area (Å²) in [6, 6.07) is 40.6. The number of hydrogen-bond acceptors (Lipinski definition) is 5. The predicted molar refractivity (Wildman–Crippen MR) is 201 cm³/mol. The second-order valence-electron chi connectivity index (χ2n) is 12.5. The van der Waals surface area contributed by atoms with Crippen LogP contribution < -0.4 is 0 Å². The van der Waals surface area contributed by atoms with Gasteiger partial charge in [0.2, 0.25) is 0 Å². The van der Waals surface area contributed by atoms with Gasteiger partial charge in [-0.2, -0.15) is 0 Å². The van der Waals surface area contributed by atoms with Crippen molar-refractivity contribution in [2.45, 2.75) is 12.8 Å². The maximum Gasteiger partial charge on any atom is 0.173 e. The lowest BCUT2D eigenvalue weighted by atomic mass is 9.97. The quantitative estimate of drug-likeness (QED) is 0.144. The fourth-order valence-electron chi connectivity index (χ4n) is 7.38. The van der Waals surface area contributed by atoms with E-state index in [2.05, 4.69) is 100 Å². The molecule has 0 aliphatic carbocycles. The van der Waals surface area contributed by atoms with Crippen LogP contribution in [0.15, 0.2) is 156 Å². The van der Waals surface area contributed by atoms with Crippen molar-refractivity contribution in [2.24, 2.45) is 9.98 Å². The summed E-state index contributed by atoms with van der Waals surface area (Å²) in [5, 5.41) is 7.24. The smallest absolute Gasteiger partial charge is 0.173 e. The molecule has 1 aliphatic heterocycles. The predicted octanol–water partition coefficient (Wildman–Crippen LogP) is 9.91. The Labute approximate surface area is 281 Å². The van der Waals surface area contributed by atoms with Crippen molar-refractivity contribution < 1.29 is 0 Å². The topological polar surface area (TPSA) is 67.8 Å². The van der Waals surface area contributed by atoms with Crippen LogP contribution in [0.1, 0.15) is 29.8 Å². The molecule has 1 aliphatic rings. The number of aliphatic imine (C=N–C) groups is 2. The molecule has 0 saturated heterocycles. The molecule has 0 bridgehead atoms. The van der Waals surface area contributed by atoms with E-state index in [0.29, 0.717) is 18.1 Å². The molecule has 230 valence electrons. The fourth-order valence-corrected chi connectivity index (χ4v) is 7.38. The zero-order valence-corrected chi connectivity index (χ0v) is 26.5. The van der Waals surface area contributed by atoms with Gasteiger partial charge in [-0.05, 0) is 65.6 Å². The van der Waals surface area contributed by atoms with Crippen LogP contribution in [0.3, 0.4) is 0 Å². The van der Waals surface area contributed by atoms with Crippen LogP contribution in [0, 0.1) is 0 Å². The first-order chi connectivity index (χ1) is 24.3. The third-order valence-electron chi connectivity index (χ3n) is 9.62. The van der Waals surface area contributed by atoms with Crippen LogP contribution in [-0.2, 0) is 0 Å². The molecule has 0 N–H and O–H groups in total. The summed E-state index contributed by atoms with van der Waals surface area (Å²) in [6.45, 7) is 0. The van der Waals surface area contributed by atoms with E-state index in [1.807, 2.05) is 55.1 Å². The Hall–Kier alpha value is -6.53. The van der Waals surface area contributed by atoms with E-state index >= 15 is 0 Å². The van der Waals surface area contributed by atoms with E-state index < -0.39 is 0 Å². The summed E-state index contributed by atoms with van der Waals surface area (Å²) in [4.78, 5) is 24.5. The molecule has 0 amide bonds. The van der Waals surface area contributed by atoms with Crippen LogP contribution in [0.4, 0.5) is 0 Å². The van der Waals surface area contributed by atoms with E-state index in [0.717, 1.165) is 40.1 Å². The number of nitrogens with zero attached hydrogens (tertiary/aromatic N) is 6. The Bertz CT molecular complexity index is 2790. The highest BCUT2D eigenvalue weighted by Gasteiger charge is 2.21. The number of pyridine rings is 2. The highest BCUT2D eigenvalue weighted by molar-refractivity contribution is 6.28. The Balaban J connectivity index is 1.24. The minimum Gasteiger partial charge on any atom is -0.308 e. The molecule has 5 aromatic carbocycles. The standard InChI is InChI=1S/C43H28N6/c1-2-9-27(10-3-1)31-25-45-43(46-26-31)37-16-8-15-36(28-19-21-44-22-20-28)47-42(48-37)30-23-34-32-13-4-5-17-38(32)49-39-18-7-12-29-11-6-14-33(40(29)39)35(24-30)41(34)49/h1-7,9-15,17-26H,8,16H2/b36-15-,47-42-,48-37+. The number of para-hydroxylation sites is 1. The lowest BCUT2D eigenvalue weighted by molar-refractivity contribution is 1.04. The van der Waals surface area contributed by atoms with Gasteiger partial charge in [0.1, 0.15) is 0 Å². The molecule has 6 nitrogen and oxygen atoms in total. The van der Waals surface area contributed by atoms with Gasteiger partial charge in [0.15, 0.2) is 11.7 Å². The van der Waals surface area contributed by atoms with E-state index in [-0.39, 0.29) is 0 Å². The summed E-state index contributed by atoms with van der Waals surface area (Å²) >= 11 is 0. The molecule has 0 radical (unpaired) electrons. The molecular weight excluding hydrogens is 601 g/mol. The van der Waals surface area contributed by atoms with Crippen LogP contribution in [0.2, 0.25) is 0 Å². The van der Waals surface area contributed by atoms with Crippen molar-refractivity contribution >= 4 is 66.1 Å². The number of allylic oxidation sites excluding steroid dienone is 1.